The maximum absolute atomic E-state index is 11.4. The first-order chi connectivity index (χ1) is 7.04. The maximum Gasteiger partial charge on any atom is 0.212 e. The van der Waals surface area contributed by atoms with Gasteiger partial charge in [-0.25, -0.2) is 13.1 Å². The molecular weight excluding hydrogens is 238 g/mol. The Kier molecular flexibility index (Phi) is 4.83. The molecule has 0 unspecified atom stereocenters. The first kappa shape index (κ1) is 13.2. The van der Waals surface area contributed by atoms with Crippen LogP contribution in [0, 0.1) is 5.41 Å². The molecule has 0 aromatic carbocycles. The van der Waals surface area contributed by atoms with Gasteiger partial charge in [-0.15, -0.1) is 11.6 Å². The lowest BCUT2D eigenvalue weighted by Gasteiger charge is -2.15. The van der Waals surface area contributed by atoms with Crippen molar-refractivity contribution in [2.24, 2.45) is 5.41 Å². The van der Waals surface area contributed by atoms with E-state index in [-0.39, 0.29) is 17.0 Å². The zero-order chi connectivity index (χ0) is 11.4. The molecule has 0 aliphatic heterocycles. The van der Waals surface area contributed by atoms with Gasteiger partial charge in [0, 0.05) is 26.1 Å². The predicted molar refractivity (Wildman–Crippen MR) is 60.7 cm³/mol. The lowest BCUT2D eigenvalue weighted by molar-refractivity contribution is 0.173. The van der Waals surface area contributed by atoms with E-state index < -0.39 is 10.0 Å². The minimum absolute atomic E-state index is 0.00505. The normalized spacial score (nSPS) is 19.1. The third-order valence-corrected chi connectivity index (χ3v) is 4.55. The minimum Gasteiger partial charge on any atom is -0.385 e. The molecule has 1 aliphatic rings. The molecule has 0 atom stereocenters. The Morgan fingerprint density at radius 1 is 1.47 bits per heavy atom. The highest BCUT2D eigenvalue weighted by Crippen LogP contribution is 2.48. The number of methoxy groups -OCH3 is 1. The molecule has 6 heteroatoms. The Bertz CT molecular complexity index is 288. The van der Waals surface area contributed by atoms with Crippen LogP contribution in [0.5, 0.6) is 0 Å². The van der Waals surface area contributed by atoms with E-state index in [9.17, 15) is 8.42 Å². The SMILES string of the molecule is COCCC1(CNS(=O)(=O)CCCl)CC1. The van der Waals surface area contributed by atoms with E-state index in [1.807, 2.05) is 0 Å². The Morgan fingerprint density at radius 2 is 2.13 bits per heavy atom. The summed E-state index contributed by atoms with van der Waals surface area (Å²) in [6.45, 7) is 1.22. The van der Waals surface area contributed by atoms with Crippen molar-refractivity contribution in [1.29, 1.82) is 0 Å². The fraction of sp³-hybridized carbons (Fsp3) is 1.00. The van der Waals surface area contributed by atoms with Gasteiger partial charge in [0.2, 0.25) is 10.0 Å². The Labute approximate surface area is 96.4 Å². The highest BCUT2D eigenvalue weighted by molar-refractivity contribution is 7.89. The van der Waals surface area contributed by atoms with Gasteiger partial charge in [-0.3, -0.25) is 0 Å². The highest BCUT2D eigenvalue weighted by Gasteiger charge is 2.42. The number of hydrogen-bond donors (Lipinski definition) is 1. The fourth-order valence-corrected chi connectivity index (χ4v) is 2.93. The summed E-state index contributed by atoms with van der Waals surface area (Å²) in [6, 6.07) is 0. The summed E-state index contributed by atoms with van der Waals surface area (Å²) in [6.07, 6.45) is 3.09. The van der Waals surface area contributed by atoms with Gasteiger partial charge in [0.25, 0.3) is 0 Å². The largest absolute Gasteiger partial charge is 0.385 e. The fourth-order valence-electron chi connectivity index (χ4n) is 1.45. The molecule has 0 radical (unpaired) electrons. The molecule has 15 heavy (non-hydrogen) atoms. The van der Waals surface area contributed by atoms with Crippen molar-refractivity contribution in [2.45, 2.75) is 19.3 Å². The number of rotatable bonds is 8. The number of ether oxygens (including phenoxy) is 1. The first-order valence-corrected chi connectivity index (χ1v) is 7.24. The molecule has 90 valence electrons. The summed E-state index contributed by atoms with van der Waals surface area (Å²) in [5.74, 6) is 0.134. The molecule has 1 fully saturated rings. The Morgan fingerprint density at radius 3 is 2.60 bits per heavy atom. The molecular formula is C9H18ClNO3S. The van der Waals surface area contributed by atoms with Crippen LogP contribution in [0.15, 0.2) is 0 Å². The zero-order valence-corrected chi connectivity index (χ0v) is 10.5. The van der Waals surface area contributed by atoms with Crippen molar-refractivity contribution >= 4 is 21.6 Å². The van der Waals surface area contributed by atoms with Gasteiger partial charge in [-0.1, -0.05) is 0 Å². The van der Waals surface area contributed by atoms with E-state index in [0.717, 1.165) is 19.3 Å². The number of hydrogen-bond acceptors (Lipinski definition) is 3. The number of halogens is 1. The van der Waals surface area contributed by atoms with Crippen molar-refractivity contribution in [2.75, 3.05) is 31.9 Å². The van der Waals surface area contributed by atoms with E-state index >= 15 is 0 Å². The van der Waals surface area contributed by atoms with Crippen LogP contribution in [0.1, 0.15) is 19.3 Å². The van der Waals surface area contributed by atoms with Crippen LogP contribution in [0.25, 0.3) is 0 Å². The topological polar surface area (TPSA) is 55.4 Å². The molecule has 0 heterocycles. The van der Waals surface area contributed by atoms with Crippen LogP contribution >= 0.6 is 11.6 Å². The summed E-state index contributed by atoms with van der Waals surface area (Å²) in [5.41, 5.74) is 0.148. The summed E-state index contributed by atoms with van der Waals surface area (Å²) < 4.78 is 30.3. The van der Waals surface area contributed by atoms with Crippen LogP contribution in [0.3, 0.4) is 0 Å². The van der Waals surface area contributed by atoms with Gasteiger partial charge >= 0.3 is 0 Å². The summed E-state index contributed by atoms with van der Waals surface area (Å²) in [7, 11) is -1.51. The second-order valence-electron chi connectivity index (χ2n) is 4.07. The number of nitrogens with one attached hydrogen (secondary N) is 1. The molecule has 1 rings (SSSR count). The van der Waals surface area contributed by atoms with Gasteiger partial charge in [0.05, 0.1) is 5.75 Å². The standard InChI is InChI=1S/C9H18ClNO3S/c1-14-6-4-9(2-3-9)8-11-15(12,13)7-5-10/h11H,2-8H2,1H3. The molecule has 0 spiro atoms. The third-order valence-electron chi connectivity index (χ3n) is 2.81. The lowest BCUT2D eigenvalue weighted by Crippen LogP contribution is -2.33. The number of sulfonamides is 1. The third kappa shape index (κ3) is 4.68. The average Bonchev–Trinajstić information content (AvgIpc) is 2.93. The van der Waals surface area contributed by atoms with Crippen molar-refractivity contribution in [3.05, 3.63) is 0 Å². The van der Waals surface area contributed by atoms with Crippen LogP contribution in [-0.2, 0) is 14.8 Å². The lowest BCUT2D eigenvalue weighted by atomic mass is 10.0. The van der Waals surface area contributed by atoms with E-state index in [1.165, 1.54) is 0 Å². The van der Waals surface area contributed by atoms with Gasteiger partial charge in [0.15, 0.2) is 0 Å². The summed E-state index contributed by atoms with van der Waals surface area (Å²) in [4.78, 5) is 0. The highest BCUT2D eigenvalue weighted by atomic mass is 35.5. The van der Waals surface area contributed by atoms with Gasteiger partial charge in [-0.05, 0) is 24.7 Å². The molecule has 0 aromatic rings. The van der Waals surface area contributed by atoms with Crippen LogP contribution < -0.4 is 4.72 Å². The van der Waals surface area contributed by atoms with E-state index in [2.05, 4.69) is 4.72 Å². The van der Waals surface area contributed by atoms with E-state index in [1.54, 1.807) is 7.11 Å². The molecule has 1 aliphatic carbocycles. The zero-order valence-electron chi connectivity index (χ0n) is 8.96. The van der Waals surface area contributed by atoms with Crippen molar-refractivity contribution in [3.63, 3.8) is 0 Å². The smallest absolute Gasteiger partial charge is 0.212 e. The van der Waals surface area contributed by atoms with E-state index in [0.29, 0.717) is 13.2 Å². The molecule has 1 saturated carbocycles. The van der Waals surface area contributed by atoms with Gasteiger partial charge in [0.1, 0.15) is 0 Å². The monoisotopic (exact) mass is 255 g/mol. The molecule has 0 amide bonds. The second kappa shape index (κ2) is 5.48. The van der Waals surface area contributed by atoms with Crippen molar-refractivity contribution in [1.82, 2.24) is 4.72 Å². The summed E-state index contributed by atoms with van der Waals surface area (Å²) in [5, 5.41) is 0. The van der Waals surface area contributed by atoms with Crippen molar-refractivity contribution in [3.8, 4) is 0 Å². The van der Waals surface area contributed by atoms with Crippen LogP contribution in [0.2, 0.25) is 0 Å². The molecule has 4 nitrogen and oxygen atoms in total. The molecule has 0 aromatic heterocycles. The van der Waals surface area contributed by atoms with Crippen LogP contribution in [0.4, 0.5) is 0 Å². The maximum atomic E-state index is 11.4. The molecule has 0 bridgehead atoms. The summed E-state index contributed by atoms with van der Waals surface area (Å²) >= 11 is 5.40. The average molecular weight is 256 g/mol. The Hall–Kier alpha value is 0.160. The molecule has 1 N–H and O–H groups in total. The minimum atomic E-state index is -3.17. The van der Waals surface area contributed by atoms with Gasteiger partial charge < -0.3 is 4.74 Å². The first-order valence-electron chi connectivity index (χ1n) is 5.06. The second-order valence-corrected chi connectivity index (χ2v) is 6.38. The predicted octanol–water partition coefficient (Wildman–Crippen LogP) is 0.961. The van der Waals surface area contributed by atoms with Crippen molar-refractivity contribution < 1.29 is 13.2 Å². The quantitative estimate of drug-likeness (QED) is 0.658. The molecule has 0 saturated heterocycles. The van der Waals surface area contributed by atoms with Gasteiger partial charge in [-0.2, -0.15) is 0 Å². The van der Waals surface area contributed by atoms with E-state index in [4.69, 9.17) is 16.3 Å². The number of alkyl halides is 1. The van der Waals surface area contributed by atoms with Crippen LogP contribution in [-0.4, -0.2) is 40.3 Å². The Balaban J connectivity index is 2.30.